The Balaban J connectivity index is 1.16. The van der Waals surface area contributed by atoms with Gasteiger partial charge in [0.2, 0.25) is 0 Å². The van der Waals surface area contributed by atoms with Crippen molar-refractivity contribution in [1.82, 2.24) is 24.6 Å². The Morgan fingerprint density at radius 1 is 1.05 bits per heavy atom. The summed E-state index contributed by atoms with van der Waals surface area (Å²) in [5.74, 6) is 1.16. The van der Waals surface area contributed by atoms with Gasteiger partial charge in [0.1, 0.15) is 23.7 Å². The normalized spacial score (nSPS) is 16.3. The number of carbonyl (C=O) groups excluding carboxylic acids is 1. The predicted molar refractivity (Wildman–Crippen MR) is 171 cm³/mol. The molecule has 10 nitrogen and oxygen atoms in total. The van der Waals surface area contributed by atoms with Crippen molar-refractivity contribution in [2.24, 2.45) is 0 Å². The molecular weight excluding hydrogens is 556 g/mol. The van der Waals surface area contributed by atoms with Gasteiger partial charge in [-0.1, -0.05) is 49.6 Å². The third-order valence-corrected chi connectivity index (χ3v) is 9.04. The highest BCUT2D eigenvalue weighted by atomic mass is 16.6. The van der Waals surface area contributed by atoms with Crippen molar-refractivity contribution in [2.45, 2.75) is 77.5 Å². The summed E-state index contributed by atoms with van der Waals surface area (Å²) in [4.78, 5) is 38.1. The quantitative estimate of drug-likeness (QED) is 0.256. The smallest absolute Gasteiger partial charge is 0.410 e. The molecule has 10 heteroatoms. The van der Waals surface area contributed by atoms with Crippen LogP contribution in [0.15, 0.2) is 53.3 Å². The van der Waals surface area contributed by atoms with Gasteiger partial charge in [-0.2, -0.15) is 5.10 Å². The lowest BCUT2D eigenvalue weighted by atomic mass is 9.95. The third-order valence-electron chi connectivity index (χ3n) is 9.04. The first-order valence-electron chi connectivity index (χ1n) is 15.9. The largest absolute Gasteiger partial charge is 0.493 e. The summed E-state index contributed by atoms with van der Waals surface area (Å²) in [6.07, 6.45) is 7.01. The average Bonchev–Trinajstić information content (AvgIpc) is 3.41. The van der Waals surface area contributed by atoms with E-state index in [9.17, 15) is 9.59 Å². The minimum atomic E-state index is -0.298. The Hall–Kier alpha value is -4.34. The maximum atomic E-state index is 13.4. The van der Waals surface area contributed by atoms with Gasteiger partial charge in [0, 0.05) is 37.9 Å². The zero-order valence-electron chi connectivity index (χ0n) is 25.9. The number of aromatic amines is 1. The van der Waals surface area contributed by atoms with Gasteiger partial charge in [0.25, 0.3) is 5.56 Å². The van der Waals surface area contributed by atoms with Crippen molar-refractivity contribution in [3.63, 3.8) is 0 Å². The van der Waals surface area contributed by atoms with Gasteiger partial charge in [-0.05, 0) is 57.2 Å². The highest BCUT2D eigenvalue weighted by Crippen LogP contribution is 2.35. The molecule has 1 aliphatic carbocycles. The molecule has 232 valence electrons. The molecule has 44 heavy (non-hydrogen) atoms. The number of H-pyrrole nitrogens is 1. The summed E-state index contributed by atoms with van der Waals surface area (Å²) in [6.45, 7) is 6.23. The molecule has 0 unspecified atom stereocenters. The number of aromatic nitrogens is 4. The molecule has 2 aliphatic rings. The lowest BCUT2D eigenvalue weighted by Crippen LogP contribution is -2.45. The Morgan fingerprint density at radius 2 is 1.80 bits per heavy atom. The zero-order valence-corrected chi connectivity index (χ0v) is 25.9. The van der Waals surface area contributed by atoms with E-state index < -0.39 is 0 Å². The Kier molecular flexibility index (Phi) is 8.86. The van der Waals surface area contributed by atoms with Crippen molar-refractivity contribution in [3.05, 3.63) is 70.1 Å². The molecule has 0 bridgehead atoms. The molecule has 1 N–H and O–H groups in total. The second-order valence-corrected chi connectivity index (χ2v) is 11.9. The van der Waals surface area contributed by atoms with E-state index in [1.807, 2.05) is 68.0 Å². The molecule has 2 aromatic carbocycles. The van der Waals surface area contributed by atoms with Crippen LogP contribution in [-0.2, 0) is 11.3 Å². The van der Waals surface area contributed by atoms with Crippen molar-refractivity contribution >= 4 is 22.8 Å². The van der Waals surface area contributed by atoms with Crippen LogP contribution in [0.2, 0.25) is 0 Å². The van der Waals surface area contributed by atoms with Crippen molar-refractivity contribution < 1.29 is 14.3 Å². The minimum Gasteiger partial charge on any atom is -0.493 e. The minimum absolute atomic E-state index is 0.110. The van der Waals surface area contributed by atoms with Crippen LogP contribution in [0.4, 0.5) is 10.5 Å². The SMILES string of the molecule is CCOc1cc(N2CCC(N(C)C(=O)OCc3ccccc3)CC2)ccc1-c1nc2c(C)nn(C3CCCCC3)c2c(=O)[nH]1. The second-order valence-electron chi connectivity index (χ2n) is 11.9. The fraction of sp³-hybridized carbons (Fsp3) is 0.471. The number of ether oxygens (including phenoxy) is 2. The summed E-state index contributed by atoms with van der Waals surface area (Å²) in [5, 5.41) is 4.76. The van der Waals surface area contributed by atoms with Gasteiger partial charge in [-0.25, -0.2) is 9.78 Å². The van der Waals surface area contributed by atoms with Crippen LogP contribution >= 0.6 is 0 Å². The predicted octanol–water partition coefficient (Wildman–Crippen LogP) is 6.24. The molecule has 1 saturated heterocycles. The number of aryl methyl sites for hydroxylation is 1. The number of benzene rings is 2. The van der Waals surface area contributed by atoms with Crippen LogP contribution in [0, 0.1) is 6.92 Å². The first kappa shape index (κ1) is 29.7. The zero-order chi connectivity index (χ0) is 30.6. The van der Waals surface area contributed by atoms with Gasteiger partial charge in [0.05, 0.1) is 23.9 Å². The molecule has 1 aliphatic heterocycles. The van der Waals surface area contributed by atoms with Crippen molar-refractivity contribution in [2.75, 3.05) is 31.6 Å². The summed E-state index contributed by atoms with van der Waals surface area (Å²) >= 11 is 0. The number of piperidine rings is 1. The van der Waals surface area contributed by atoms with Gasteiger partial charge in [-0.3, -0.25) is 9.48 Å². The molecule has 4 aromatic rings. The van der Waals surface area contributed by atoms with E-state index in [0.717, 1.165) is 74.1 Å². The fourth-order valence-corrected chi connectivity index (χ4v) is 6.57. The summed E-state index contributed by atoms with van der Waals surface area (Å²) in [5.41, 5.74) is 4.56. The first-order valence-corrected chi connectivity index (χ1v) is 15.9. The van der Waals surface area contributed by atoms with Crippen LogP contribution in [-0.4, -0.2) is 63.5 Å². The van der Waals surface area contributed by atoms with E-state index in [0.29, 0.717) is 29.2 Å². The fourth-order valence-electron chi connectivity index (χ4n) is 6.57. The molecule has 0 atom stereocenters. The van der Waals surface area contributed by atoms with Crippen LogP contribution in [0.3, 0.4) is 0 Å². The number of hydrogen-bond acceptors (Lipinski definition) is 7. The molecule has 1 saturated carbocycles. The standard InChI is InChI=1S/C34H42N6O4/c1-4-43-29-21-27(39-19-17-25(18-20-39)38(3)34(42)44-22-24-11-7-5-8-12-24)15-16-28(29)32-35-30-23(2)37-40(31(30)33(41)36-32)26-13-9-6-10-14-26/h5,7-8,11-12,15-16,21,25-26H,4,6,9-10,13-14,17-20,22H2,1-3H3,(H,35,36,41). The third kappa shape index (κ3) is 6.16. The van der Waals surface area contributed by atoms with Crippen LogP contribution in [0.5, 0.6) is 5.75 Å². The van der Waals surface area contributed by atoms with Crippen LogP contribution < -0.4 is 15.2 Å². The van der Waals surface area contributed by atoms with Gasteiger partial charge in [0.15, 0.2) is 5.52 Å². The van der Waals surface area contributed by atoms with Gasteiger partial charge in [-0.15, -0.1) is 0 Å². The lowest BCUT2D eigenvalue weighted by Gasteiger charge is -2.37. The van der Waals surface area contributed by atoms with E-state index in [2.05, 4.69) is 16.0 Å². The van der Waals surface area contributed by atoms with Crippen LogP contribution in [0.1, 0.15) is 69.2 Å². The number of amides is 1. The summed E-state index contributed by atoms with van der Waals surface area (Å²) in [7, 11) is 1.82. The topological polar surface area (TPSA) is 106 Å². The number of anilines is 1. The molecule has 2 aromatic heterocycles. The van der Waals surface area contributed by atoms with Gasteiger partial charge >= 0.3 is 6.09 Å². The molecule has 0 radical (unpaired) electrons. The van der Waals surface area contributed by atoms with E-state index >= 15 is 0 Å². The monoisotopic (exact) mass is 598 g/mol. The number of fused-ring (bicyclic) bond motifs is 1. The second kappa shape index (κ2) is 13.1. The van der Waals surface area contributed by atoms with E-state index in [-0.39, 0.29) is 30.3 Å². The number of nitrogens with one attached hydrogen (secondary N) is 1. The summed E-state index contributed by atoms with van der Waals surface area (Å²) < 4.78 is 13.5. The highest BCUT2D eigenvalue weighted by molar-refractivity contribution is 5.80. The number of hydrogen-bond donors (Lipinski definition) is 1. The molecular formula is C34H42N6O4. The molecule has 3 heterocycles. The average molecular weight is 599 g/mol. The maximum absolute atomic E-state index is 13.4. The maximum Gasteiger partial charge on any atom is 0.410 e. The van der Waals surface area contributed by atoms with E-state index in [1.165, 1.54) is 6.42 Å². The van der Waals surface area contributed by atoms with Crippen LogP contribution in [0.25, 0.3) is 22.4 Å². The number of carbonyl (C=O) groups is 1. The van der Waals surface area contributed by atoms with Gasteiger partial charge < -0.3 is 24.3 Å². The Morgan fingerprint density at radius 3 is 2.52 bits per heavy atom. The first-order chi connectivity index (χ1) is 21.4. The molecule has 0 spiro atoms. The van der Waals surface area contributed by atoms with Crippen molar-refractivity contribution in [1.29, 1.82) is 0 Å². The molecule has 6 rings (SSSR count). The van der Waals surface area contributed by atoms with Crippen molar-refractivity contribution in [3.8, 4) is 17.1 Å². The highest BCUT2D eigenvalue weighted by Gasteiger charge is 2.28. The Labute approximate surface area is 258 Å². The number of rotatable bonds is 8. The van der Waals surface area contributed by atoms with E-state index in [4.69, 9.17) is 19.6 Å². The summed E-state index contributed by atoms with van der Waals surface area (Å²) in [6, 6.07) is 16.1. The number of nitrogens with zero attached hydrogens (tertiary/aromatic N) is 5. The lowest BCUT2D eigenvalue weighted by molar-refractivity contribution is 0.0862. The molecule has 2 fully saturated rings. The van der Waals surface area contributed by atoms with E-state index in [1.54, 1.807) is 4.90 Å². The molecule has 1 amide bonds. The Bertz CT molecular complexity index is 1650.